The summed E-state index contributed by atoms with van der Waals surface area (Å²) in [5, 5.41) is 5.87. The van der Waals surface area contributed by atoms with Crippen molar-refractivity contribution in [2.24, 2.45) is 5.41 Å². The van der Waals surface area contributed by atoms with Crippen molar-refractivity contribution in [1.29, 1.82) is 0 Å². The number of likely N-dealkylation sites (tertiary alicyclic amines) is 1. The second kappa shape index (κ2) is 9.09. The van der Waals surface area contributed by atoms with Crippen LogP contribution in [0.15, 0.2) is 24.3 Å². The molecule has 1 spiro atoms. The van der Waals surface area contributed by atoms with Gasteiger partial charge in [-0.25, -0.2) is 0 Å². The van der Waals surface area contributed by atoms with E-state index in [1.165, 1.54) is 43.9 Å². The Morgan fingerprint density at radius 3 is 2.47 bits per heavy atom. The first-order valence-corrected chi connectivity index (χ1v) is 11.5. The molecule has 1 saturated heterocycles. The molecule has 1 aliphatic carbocycles. The van der Waals surface area contributed by atoms with Crippen LogP contribution >= 0.6 is 0 Å². The molecule has 3 rings (SSSR count). The third-order valence-corrected chi connectivity index (χ3v) is 6.94. The Bertz CT molecular complexity index is 760. The lowest BCUT2D eigenvalue weighted by Gasteiger charge is -2.47. The summed E-state index contributed by atoms with van der Waals surface area (Å²) in [5.41, 5.74) is 3.30. The average Bonchev–Trinajstić information content (AvgIpc) is 2.69. The van der Waals surface area contributed by atoms with E-state index in [2.05, 4.69) is 60.6 Å². The van der Waals surface area contributed by atoms with Crippen molar-refractivity contribution in [2.45, 2.75) is 84.2 Å². The van der Waals surface area contributed by atoms with Crippen LogP contribution in [0.5, 0.6) is 0 Å². The van der Waals surface area contributed by atoms with Crippen LogP contribution < -0.4 is 10.6 Å². The van der Waals surface area contributed by atoms with E-state index in [9.17, 15) is 9.59 Å². The van der Waals surface area contributed by atoms with Gasteiger partial charge in [0.15, 0.2) is 0 Å². The molecule has 0 radical (unpaired) electrons. The van der Waals surface area contributed by atoms with E-state index >= 15 is 0 Å². The van der Waals surface area contributed by atoms with Gasteiger partial charge in [-0.05, 0) is 80.6 Å². The molecule has 0 unspecified atom stereocenters. The predicted molar refractivity (Wildman–Crippen MR) is 121 cm³/mol. The number of carbonyl (C=O) groups excluding carboxylic acids is 2. The molecule has 1 heterocycles. The Labute approximate surface area is 182 Å². The molecule has 2 atom stereocenters. The summed E-state index contributed by atoms with van der Waals surface area (Å²) in [5.74, 6) is -0.295. The maximum Gasteiger partial charge on any atom is 0.242 e. The summed E-state index contributed by atoms with van der Waals surface area (Å²) in [6.07, 6.45) is 5.68. The standard InChI is InChI=1S/C25H39N3O2/c1-18(26-19(2)29)23(30)27-22-10-11-25(21-9-7-6-8-20(21)22)13-16-28(17-14-25)15-12-24(3,4)5/h6-9,18,22H,10-17H2,1-5H3,(H,26,29)(H,27,30)/t18-,22-/m1/s1. The lowest BCUT2D eigenvalue weighted by molar-refractivity contribution is -0.128. The van der Waals surface area contributed by atoms with Gasteiger partial charge in [0, 0.05) is 6.92 Å². The number of rotatable bonds is 5. The van der Waals surface area contributed by atoms with Crippen molar-refractivity contribution < 1.29 is 9.59 Å². The van der Waals surface area contributed by atoms with Crippen LogP contribution in [0.4, 0.5) is 0 Å². The predicted octanol–water partition coefficient (Wildman–Crippen LogP) is 3.93. The molecule has 0 saturated carbocycles. The zero-order valence-electron chi connectivity index (χ0n) is 19.4. The topological polar surface area (TPSA) is 61.4 Å². The van der Waals surface area contributed by atoms with Gasteiger partial charge < -0.3 is 15.5 Å². The van der Waals surface area contributed by atoms with Crippen LogP contribution in [-0.4, -0.2) is 42.4 Å². The first-order chi connectivity index (χ1) is 14.1. The number of nitrogens with one attached hydrogen (secondary N) is 2. The van der Waals surface area contributed by atoms with Gasteiger partial charge in [0.1, 0.15) is 6.04 Å². The van der Waals surface area contributed by atoms with E-state index in [-0.39, 0.29) is 23.3 Å². The Morgan fingerprint density at radius 1 is 1.17 bits per heavy atom. The lowest BCUT2D eigenvalue weighted by Crippen LogP contribution is -2.49. The van der Waals surface area contributed by atoms with E-state index in [4.69, 9.17) is 0 Å². The highest BCUT2D eigenvalue weighted by Gasteiger charge is 2.42. The normalized spacial score (nSPS) is 22.2. The maximum absolute atomic E-state index is 12.6. The van der Waals surface area contributed by atoms with Crippen LogP contribution in [0, 0.1) is 5.41 Å². The van der Waals surface area contributed by atoms with Gasteiger partial charge in [-0.15, -0.1) is 0 Å². The third kappa shape index (κ3) is 5.42. The van der Waals surface area contributed by atoms with E-state index < -0.39 is 6.04 Å². The zero-order valence-corrected chi connectivity index (χ0v) is 19.4. The quantitative estimate of drug-likeness (QED) is 0.769. The maximum atomic E-state index is 12.6. The van der Waals surface area contributed by atoms with Crippen molar-refractivity contribution in [2.75, 3.05) is 19.6 Å². The number of hydrogen-bond acceptors (Lipinski definition) is 3. The second-order valence-electron chi connectivity index (χ2n) is 10.5. The number of piperidine rings is 1. The van der Waals surface area contributed by atoms with Gasteiger partial charge in [-0.2, -0.15) is 0 Å². The largest absolute Gasteiger partial charge is 0.348 e. The molecule has 2 aliphatic rings. The molecule has 166 valence electrons. The summed E-state index contributed by atoms with van der Waals surface area (Å²) < 4.78 is 0. The van der Waals surface area contributed by atoms with Crippen LogP contribution in [0.1, 0.15) is 83.9 Å². The Morgan fingerprint density at radius 2 is 1.83 bits per heavy atom. The summed E-state index contributed by atoms with van der Waals surface area (Å²) >= 11 is 0. The Hall–Kier alpha value is -1.88. The van der Waals surface area contributed by atoms with Crippen molar-refractivity contribution in [3.05, 3.63) is 35.4 Å². The first kappa shape index (κ1) is 22.8. The van der Waals surface area contributed by atoms with Crippen LogP contribution in [0.3, 0.4) is 0 Å². The van der Waals surface area contributed by atoms with Crippen molar-refractivity contribution in [1.82, 2.24) is 15.5 Å². The first-order valence-electron chi connectivity index (χ1n) is 11.5. The van der Waals surface area contributed by atoms with Crippen molar-refractivity contribution >= 4 is 11.8 Å². The number of nitrogens with zero attached hydrogens (tertiary/aromatic N) is 1. The summed E-state index contributed by atoms with van der Waals surface area (Å²) in [7, 11) is 0. The highest BCUT2D eigenvalue weighted by molar-refractivity contribution is 5.86. The fourth-order valence-corrected chi connectivity index (χ4v) is 5.03. The Kier molecular flexibility index (Phi) is 6.91. The monoisotopic (exact) mass is 413 g/mol. The summed E-state index contributed by atoms with van der Waals surface area (Å²) in [4.78, 5) is 26.5. The molecule has 1 aromatic carbocycles. The summed E-state index contributed by atoms with van der Waals surface area (Å²) in [6.45, 7) is 13.6. The van der Waals surface area contributed by atoms with Gasteiger partial charge in [0.25, 0.3) is 0 Å². The van der Waals surface area contributed by atoms with Crippen LogP contribution in [0.2, 0.25) is 0 Å². The highest BCUT2D eigenvalue weighted by Crippen LogP contribution is 2.48. The number of amides is 2. The number of benzene rings is 1. The van der Waals surface area contributed by atoms with Gasteiger partial charge >= 0.3 is 0 Å². The minimum absolute atomic E-state index is 0.0226. The fraction of sp³-hybridized carbons (Fsp3) is 0.680. The molecular weight excluding hydrogens is 374 g/mol. The average molecular weight is 414 g/mol. The van der Waals surface area contributed by atoms with E-state index in [0.29, 0.717) is 5.41 Å². The van der Waals surface area contributed by atoms with Crippen LogP contribution in [0.25, 0.3) is 0 Å². The SMILES string of the molecule is CC(=O)N[C@H](C)C(=O)N[C@@H]1CCC2(CCN(CCC(C)(C)C)CC2)c2ccccc21. The molecule has 2 amide bonds. The molecule has 5 heteroatoms. The van der Waals surface area contributed by atoms with Crippen LogP contribution in [-0.2, 0) is 15.0 Å². The number of hydrogen-bond donors (Lipinski definition) is 2. The van der Waals surface area contributed by atoms with E-state index in [1.54, 1.807) is 6.92 Å². The zero-order chi connectivity index (χ0) is 21.9. The second-order valence-corrected chi connectivity index (χ2v) is 10.5. The molecule has 0 aromatic heterocycles. The summed E-state index contributed by atoms with van der Waals surface area (Å²) in [6, 6.07) is 8.17. The van der Waals surface area contributed by atoms with Gasteiger partial charge in [-0.3, -0.25) is 9.59 Å². The molecule has 2 N–H and O–H groups in total. The molecule has 30 heavy (non-hydrogen) atoms. The molecule has 0 bridgehead atoms. The highest BCUT2D eigenvalue weighted by atomic mass is 16.2. The third-order valence-electron chi connectivity index (χ3n) is 6.94. The van der Waals surface area contributed by atoms with Crippen molar-refractivity contribution in [3.63, 3.8) is 0 Å². The minimum atomic E-state index is -0.517. The molecule has 1 fully saturated rings. The van der Waals surface area contributed by atoms with E-state index in [1.807, 2.05) is 0 Å². The van der Waals surface area contributed by atoms with E-state index in [0.717, 1.165) is 25.9 Å². The lowest BCUT2D eigenvalue weighted by atomic mass is 9.63. The number of fused-ring (bicyclic) bond motifs is 2. The van der Waals surface area contributed by atoms with Gasteiger partial charge in [-0.1, -0.05) is 45.0 Å². The molecule has 1 aromatic rings. The number of carbonyl (C=O) groups is 2. The molecule has 1 aliphatic heterocycles. The Balaban J connectivity index is 1.69. The minimum Gasteiger partial charge on any atom is -0.348 e. The molecular formula is C25H39N3O2. The molecule has 5 nitrogen and oxygen atoms in total. The van der Waals surface area contributed by atoms with Crippen molar-refractivity contribution in [3.8, 4) is 0 Å². The van der Waals surface area contributed by atoms with Gasteiger partial charge in [0.05, 0.1) is 6.04 Å². The smallest absolute Gasteiger partial charge is 0.242 e. The van der Waals surface area contributed by atoms with Gasteiger partial charge in [0.2, 0.25) is 11.8 Å². The fourth-order valence-electron chi connectivity index (χ4n) is 5.03.